The molecule has 15 rings (SSSR count). The highest BCUT2D eigenvalue weighted by Gasteiger charge is 2.47. The van der Waals surface area contributed by atoms with Crippen LogP contribution in [0.25, 0.3) is 66.4 Å². The number of hydrogen-bond acceptors (Lipinski definition) is 2. The minimum atomic E-state index is 0.0825. The van der Waals surface area contributed by atoms with Crippen molar-refractivity contribution in [3.63, 3.8) is 0 Å². The molecule has 2 nitrogen and oxygen atoms in total. The Balaban J connectivity index is 0.798. The Morgan fingerprint density at radius 2 is 0.632 bits per heavy atom. The third-order valence-corrected chi connectivity index (χ3v) is 18.0. The molecule has 0 aliphatic heterocycles. The molecule has 2 saturated carbocycles. The van der Waals surface area contributed by atoms with Crippen LogP contribution in [-0.2, 0) is 10.8 Å². The topological polar surface area (TPSA) is 6.48 Å². The highest BCUT2D eigenvalue weighted by molar-refractivity contribution is 5.99. The monoisotopic (exact) mass is 974 g/mol. The first-order valence-electron chi connectivity index (χ1n) is 27.7. The summed E-state index contributed by atoms with van der Waals surface area (Å²) >= 11 is 0. The minimum absolute atomic E-state index is 0.0825. The molecule has 11 aromatic rings. The van der Waals surface area contributed by atoms with E-state index in [1.165, 1.54) is 157 Å². The second kappa shape index (κ2) is 18.0. The molecule has 0 heterocycles. The van der Waals surface area contributed by atoms with E-state index in [0.717, 1.165) is 17.1 Å². The van der Waals surface area contributed by atoms with E-state index in [-0.39, 0.29) is 10.8 Å². The average Bonchev–Trinajstić information content (AvgIpc) is 4.36. The van der Waals surface area contributed by atoms with Crippen LogP contribution in [0, 0.1) is 0 Å². The molecule has 2 heteroatoms. The Bertz CT molecular complexity index is 3870. The third kappa shape index (κ3) is 7.15. The maximum Gasteiger partial charge on any atom is 0.0540 e. The van der Waals surface area contributed by atoms with E-state index in [1.54, 1.807) is 0 Å². The lowest BCUT2D eigenvalue weighted by atomic mass is 9.76. The van der Waals surface area contributed by atoms with Gasteiger partial charge < -0.3 is 9.80 Å². The first-order chi connectivity index (χ1) is 37.6. The predicted molar refractivity (Wildman–Crippen MR) is 319 cm³/mol. The van der Waals surface area contributed by atoms with Gasteiger partial charge in [-0.3, -0.25) is 0 Å². The summed E-state index contributed by atoms with van der Waals surface area (Å²) in [6.07, 6.45) is 9.95. The Morgan fingerprint density at radius 3 is 1.17 bits per heavy atom. The Hall–Kier alpha value is -8.72. The standard InChI is InChI=1S/C74H58N2/c1-2-16-51(17-3-1)56-20-14-21-57(48-56)54-32-38-60(39-33-54)76(72-27-15-19-55-18-4-5-22-63(55)72)59-36-30-53(31-37-59)52-28-34-58(35-29-52)75(61-40-42-66-64-23-6-8-25-68(64)73(70(66)49-61)44-10-11-45-73)62-41-43-67-65-24-7-9-26-69(65)74(71(67)50-62)46-12-13-47-74/h1-9,14-43,48-50H,10-13,44-47H2. The summed E-state index contributed by atoms with van der Waals surface area (Å²) in [7, 11) is 0. The van der Waals surface area contributed by atoms with E-state index in [2.05, 4.69) is 265 Å². The zero-order valence-corrected chi connectivity index (χ0v) is 42.8. The molecule has 2 spiro atoms. The van der Waals surface area contributed by atoms with Gasteiger partial charge >= 0.3 is 0 Å². The molecular formula is C74H58N2. The number of rotatable bonds is 9. The Kier molecular flexibility index (Phi) is 10.6. The molecule has 2 fully saturated rings. The van der Waals surface area contributed by atoms with Gasteiger partial charge in [0.2, 0.25) is 0 Å². The molecule has 0 N–H and O–H groups in total. The zero-order chi connectivity index (χ0) is 50.2. The molecule has 4 aliphatic rings. The normalized spacial score (nSPS) is 15.2. The third-order valence-electron chi connectivity index (χ3n) is 18.0. The van der Waals surface area contributed by atoms with Gasteiger partial charge in [0.25, 0.3) is 0 Å². The van der Waals surface area contributed by atoms with Gasteiger partial charge in [0.05, 0.1) is 5.69 Å². The molecule has 11 aromatic carbocycles. The summed E-state index contributed by atoms with van der Waals surface area (Å²) in [5.41, 5.74) is 26.1. The number of benzene rings is 11. The molecule has 364 valence electrons. The van der Waals surface area contributed by atoms with Gasteiger partial charge in [0.15, 0.2) is 0 Å². The fourth-order valence-electron chi connectivity index (χ4n) is 14.4. The summed E-state index contributed by atoms with van der Waals surface area (Å²) in [5, 5.41) is 2.43. The van der Waals surface area contributed by atoms with Crippen molar-refractivity contribution in [3.05, 3.63) is 277 Å². The molecule has 0 radical (unpaired) electrons. The second-order valence-corrected chi connectivity index (χ2v) is 21.9. The molecular weight excluding hydrogens is 917 g/mol. The van der Waals surface area contributed by atoms with E-state index in [9.17, 15) is 0 Å². The lowest BCUT2D eigenvalue weighted by Gasteiger charge is -2.31. The molecule has 0 saturated heterocycles. The summed E-state index contributed by atoms with van der Waals surface area (Å²) in [4.78, 5) is 4.96. The molecule has 4 aliphatic carbocycles. The fraction of sp³-hybridized carbons (Fsp3) is 0.135. The van der Waals surface area contributed by atoms with Crippen molar-refractivity contribution in [2.45, 2.75) is 62.2 Å². The summed E-state index contributed by atoms with van der Waals surface area (Å²) in [5.74, 6) is 0. The average molecular weight is 975 g/mol. The van der Waals surface area contributed by atoms with Crippen molar-refractivity contribution in [1.82, 2.24) is 0 Å². The molecule has 0 atom stereocenters. The number of nitrogens with zero attached hydrogens (tertiary/aromatic N) is 2. The van der Waals surface area contributed by atoms with Crippen LogP contribution in [0.5, 0.6) is 0 Å². The van der Waals surface area contributed by atoms with Crippen molar-refractivity contribution < 1.29 is 0 Å². The van der Waals surface area contributed by atoms with Crippen LogP contribution in [-0.4, -0.2) is 0 Å². The smallest absolute Gasteiger partial charge is 0.0540 e. The van der Waals surface area contributed by atoms with Crippen LogP contribution in [0.4, 0.5) is 34.1 Å². The zero-order valence-electron chi connectivity index (χ0n) is 42.8. The number of fused-ring (bicyclic) bond motifs is 11. The number of hydrogen-bond donors (Lipinski definition) is 0. The van der Waals surface area contributed by atoms with Gasteiger partial charge in [-0.1, -0.05) is 208 Å². The van der Waals surface area contributed by atoms with Crippen LogP contribution in [0.2, 0.25) is 0 Å². The Morgan fingerprint density at radius 1 is 0.250 bits per heavy atom. The number of anilines is 6. The maximum absolute atomic E-state index is 2.57. The predicted octanol–water partition coefficient (Wildman–Crippen LogP) is 20.5. The van der Waals surface area contributed by atoms with Crippen LogP contribution in [0.3, 0.4) is 0 Å². The molecule has 0 amide bonds. The van der Waals surface area contributed by atoms with Gasteiger partial charge in [-0.25, -0.2) is 0 Å². The molecule has 0 unspecified atom stereocenters. The van der Waals surface area contributed by atoms with Gasteiger partial charge in [-0.15, -0.1) is 0 Å². The summed E-state index contributed by atoms with van der Waals surface area (Å²) in [6.45, 7) is 0. The Labute approximate surface area is 447 Å². The lowest BCUT2D eigenvalue weighted by molar-refractivity contribution is 0.549. The van der Waals surface area contributed by atoms with Crippen molar-refractivity contribution in [3.8, 4) is 55.6 Å². The van der Waals surface area contributed by atoms with E-state index in [4.69, 9.17) is 0 Å². The molecule has 76 heavy (non-hydrogen) atoms. The van der Waals surface area contributed by atoms with Crippen molar-refractivity contribution in [2.24, 2.45) is 0 Å². The maximum atomic E-state index is 2.57. The van der Waals surface area contributed by atoms with Gasteiger partial charge in [0.1, 0.15) is 0 Å². The first-order valence-corrected chi connectivity index (χ1v) is 27.7. The SMILES string of the molecule is c1ccc(-c2cccc(-c3ccc(N(c4ccc(-c5ccc(N(c6ccc7c(c6)C6(CCCC6)c6ccccc6-7)c6ccc7c(c6)C6(CCCC6)c6ccccc6-7)cc5)cc4)c4cccc5ccccc45)cc3)c2)cc1. The second-order valence-electron chi connectivity index (χ2n) is 21.9. The van der Waals surface area contributed by atoms with Crippen LogP contribution >= 0.6 is 0 Å². The quantitative estimate of drug-likeness (QED) is 0.142. The highest BCUT2D eigenvalue weighted by Crippen LogP contribution is 2.60. The fourth-order valence-corrected chi connectivity index (χ4v) is 14.4. The molecule has 0 aromatic heterocycles. The summed E-state index contributed by atoms with van der Waals surface area (Å²) < 4.78 is 0. The van der Waals surface area contributed by atoms with E-state index < -0.39 is 0 Å². The van der Waals surface area contributed by atoms with Gasteiger partial charge in [-0.05, 0) is 182 Å². The van der Waals surface area contributed by atoms with Crippen LogP contribution in [0.1, 0.15) is 73.6 Å². The van der Waals surface area contributed by atoms with E-state index in [0.29, 0.717) is 0 Å². The summed E-state index contributed by atoms with van der Waals surface area (Å²) in [6, 6.07) is 95.7. The van der Waals surface area contributed by atoms with Crippen LogP contribution in [0.15, 0.2) is 255 Å². The van der Waals surface area contributed by atoms with E-state index >= 15 is 0 Å². The van der Waals surface area contributed by atoms with Crippen molar-refractivity contribution >= 4 is 44.9 Å². The van der Waals surface area contributed by atoms with Crippen molar-refractivity contribution in [2.75, 3.05) is 9.80 Å². The van der Waals surface area contributed by atoms with Gasteiger partial charge in [0, 0.05) is 44.7 Å². The van der Waals surface area contributed by atoms with E-state index in [1.807, 2.05) is 0 Å². The van der Waals surface area contributed by atoms with Gasteiger partial charge in [-0.2, -0.15) is 0 Å². The van der Waals surface area contributed by atoms with Crippen molar-refractivity contribution in [1.29, 1.82) is 0 Å². The van der Waals surface area contributed by atoms with Crippen LogP contribution < -0.4 is 9.80 Å². The first kappa shape index (κ1) is 44.7. The highest BCUT2D eigenvalue weighted by atomic mass is 15.1. The lowest BCUT2D eigenvalue weighted by Crippen LogP contribution is -2.22. The molecule has 0 bridgehead atoms. The largest absolute Gasteiger partial charge is 0.310 e. The minimum Gasteiger partial charge on any atom is -0.310 e.